The molecule has 4 rings (SSSR count). The number of hydrogen-bond donors (Lipinski definition) is 2. The number of para-hydroxylation sites is 3. The molecule has 0 atom stereocenters. The third-order valence-electron chi connectivity index (χ3n) is 3.25. The second kappa shape index (κ2) is 3.62. The summed E-state index contributed by atoms with van der Waals surface area (Å²) in [6, 6.07) is 15.7. The number of nitrogen functional groups attached to an aromatic ring is 1. The maximum atomic E-state index is 5.98. The Hall–Kier alpha value is -2.75. The zero-order valence-electron chi connectivity index (χ0n) is 10.1. The van der Waals surface area contributed by atoms with Crippen LogP contribution in [0.2, 0.25) is 0 Å². The number of hydrogen-bond acceptors (Lipinski definition) is 3. The molecule has 4 nitrogen and oxygen atoms in total. The van der Waals surface area contributed by atoms with E-state index in [-0.39, 0.29) is 0 Å². The highest BCUT2D eigenvalue weighted by atomic mass is 16.3. The molecule has 0 amide bonds. The summed E-state index contributed by atoms with van der Waals surface area (Å²) < 4.78 is 5.57. The van der Waals surface area contributed by atoms with Gasteiger partial charge < -0.3 is 15.1 Å². The predicted molar refractivity (Wildman–Crippen MR) is 75.7 cm³/mol. The number of nitrogens with zero attached hydrogens (tertiary/aromatic N) is 1. The van der Waals surface area contributed by atoms with Crippen LogP contribution < -0.4 is 5.73 Å². The van der Waals surface area contributed by atoms with Crippen molar-refractivity contribution in [2.75, 3.05) is 5.73 Å². The molecule has 0 radical (unpaired) electrons. The third-order valence-corrected chi connectivity index (χ3v) is 3.25. The number of imidazole rings is 1. The quantitative estimate of drug-likeness (QED) is 0.542. The van der Waals surface area contributed by atoms with E-state index < -0.39 is 0 Å². The summed E-state index contributed by atoms with van der Waals surface area (Å²) in [5.74, 6) is 1.13. The number of rotatable bonds is 1. The van der Waals surface area contributed by atoms with Crippen LogP contribution in [0.1, 0.15) is 0 Å². The van der Waals surface area contributed by atoms with Crippen molar-refractivity contribution < 1.29 is 4.42 Å². The third kappa shape index (κ3) is 1.43. The highest BCUT2D eigenvalue weighted by molar-refractivity contribution is 5.99. The van der Waals surface area contributed by atoms with Crippen LogP contribution in [0.5, 0.6) is 0 Å². The van der Waals surface area contributed by atoms with Gasteiger partial charge in [0.1, 0.15) is 11.4 Å². The molecule has 0 bridgehead atoms. The summed E-state index contributed by atoms with van der Waals surface area (Å²) in [6.07, 6.45) is 0. The molecule has 2 aromatic heterocycles. The second-order valence-corrected chi connectivity index (χ2v) is 4.44. The van der Waals surface area contributed by atoms with E-state index in [2.05, 4.69) is 9.97 Å². The molecule has 0 saturated carbocycles. The van der Waals surface area contributed by atoms with Gasteiger partial charge in [-0.3, -0.25) is 0 Å². The predicted octanol–water partition coefficient (Wildman–Crippen LogP) is 3.56. The molecule has 2 heterocycles. The summed E-state index contributed by atoms with van der Waals surface area (Å²) in [5, 5.41) is 0.971. The summed E-state index contributed by atoms with van der Waals surface area (Å²) in [7, 11) is 0. The van der Waals surface area contributed by atoms with E-state index in [0.29, 0.717) is 5.88 Å². The van der Waals surface area contributed by atoms with Crippen molar-refractivity contribution >= 4 is 27.9 Å². The van der Waals surface area contributed by atoms with E-state index >= 15 is 0 Å². The summed E-state index contributed by atoms with van der Waals surface area (Å²) >= 11 is 0. The zero-order valence-corrected chi connectivity index (χ0v) is 10.1. The van der Waals surface area contributed by atoms with Crippen LogP contribution in [-0.4, -0.2) is 9.97 Å². The minimum absolute atomic E-state index is 0.389. The van der Waals surface area contributed by atoms with E-state index in [9.17, 15) is 0 Å². The Bertz CT molecular complexity index is 856. The normalized spacial score (nSPS) is 11.4. The SMILES string of the molecule is Nc1oc2ccccc2c1-c1nc2ccccc2[nH]1. The maximum Gasteiger partial charge on any atom is 0.202 e. The topological polar surface area (TPSA) is 67.8 Å². The minimum Gasteiger partial charge on any atom is -0.440 e. The first-order valence-electron chi connectivity index (χ1n) is 6.05. The molecular formula is C15H11N3O. The highest BCUT2D eigenvalue weighted by Crippen LogP contribution is 2.35. The van der Waals surface area contributed by atoms with Gasteiger partial charge in [-0.15, -0.1) is 0 Å². The van der Waals surface area contributed by atoms with E-state index in [1.54, 1.807) is 0 Å². The van der Waals surface area contributed by atoms with Gasteiger partial charge in [0.2, 0.25) is 5.88 Å². The molecule has 3 N–H and O–H groups in total. The van der Waals surface area contributed by atoms with Crippen molar-refractivity contribution in [3.8, 4) is 11.4 Å². The number of nitrogens with one attached hydrogen (secondary N) is 1. The monoisotopic (exact) mass is 249 g/mol. The lowest BCUT2D eigenvalue weighted by Gasteiger charge is -1.93. The molecule has 0 aliphatic carbocycles. The van der Waals surface area contributed by atoms with Gasteiger partial charge >= 0.3 is 0 Å². The molecule has 2 aromatic carbocycles. The van der Waals surface area contributed by atoms with Gasteiger partial charge in [-0.05, 0) is 18.2 Å². The van der Waals surface area contributed by atoms with E-state index in [0.717, 1.165) is 33.4 Å². The number of furan rings is 1. The molecule has 0 spiro atoms. The first kappa shape index (κ1) is 10.2. The zero-order chi connectivity index (χ0) is 12.8. The molecule has 19 heavy (non-hydrogen) atoms. The molecule has 4 heteroatoms. The van der Waals surface area contributed by atoms with Gasteiger partial charge in [0.25, 0.3) is 0 Å². The van der Waals surface area contributed by atoms with Crippen LogP contribution in [0, 0.1) is 0 Å². The van der Waals surface area contributed by atoms with E-state index in [1.807, 2.05) is 48.5 Å². The molecule has 0 fully saturated rings. The standard InChI is InChI=1S/C15H11N3O/c16-14-13(9-5-1-4-8-12(9)19-14)15-17-10-6-2-3-7-11(10)18-15/h1-8H,16H2,(H,17,18). The number of aromatic nitrogens is 2. The molecule has 4 aromatic rings. The van der Waals surface area contributed by atoms with Crippen molar-refractivity contribution in [2.24, 2.45) is 0 Å². The molecule has 0 unspecified atom stereocenters. The van der Waals surface area contributed by atoms with Gasteiger partial charge in [-0.1, -0.05) is 30.3 Å². The van der Waals surface area contributed by atoms with Crippen molar-refractivity contribution in [1.29, 1.82) is 0 Å². The van der Waals surface area contributed by atoms with Gasteiger partial charge in [0.15, 0.2) is 0 Å². The maximum absolute atomic E-state index is 5.98. The number of benzene rings is 2. The average Bonchev–Trinajstić information content (AvgIpc) is 2.97. The molecule has 0 saturated heterocycles. The summed E-state index contributed by atoms with van der Waals surface area (Å²) in [6.45, 7) is 0. The lowest BCUT2D eigenvalue weighted by atomic mass is 10.1. The van der Waals surface area contributed by atoms with Gasteiger partial charge in [-0.2, -0.15) is 0 Å². The van der Waals surface area contributed by atoms with Crippen LogP contribution in [0.3, 0.4) is 0 Å². The Morgan fingerprint density at radius 2 is 1.79 bits per heavy atom. The Labute approximate surface area is 108 Å². The number of fused-ring (bicyclic) bond motifs is 2. The van der Waals surface area contributed by atoms with Gasteiger partial charge in [0.05, 0.1) is 16.6 Å². The fraction of sp³-hybridized carbons (Fsp3) is 0. The Balaban J connectivity index is 2.06. The molecule has 0 aliphatic heterocycles. The minimum atomic E-state index is 0.389. The van der Waals surface area contributed by atoms with Crippen molar-refractivity contribution in [2.45, 2.75) is 0 Å². The fourth-order valence-corrected chi connectivity index (χ4v) is 2.38. The number of H-pyrrole nitrogens is 1. The Kier molecular flexibility index (Phi) is 1.94. The number of aromatic amines is 1. The molecule has 92 valence electrons. The lowest BCUT2D eigenvalue weighted by molar-refractivity contribution is 0.638. The highest BCUT2D eigenvalue weighted by Gasteiger charge is 2.16. The van der Waals surface area contributed by atoms with Gasteiger partial charge in [0, 0.05) is 5.39 Å². The van der Waals surface area contributed by atoms with Crippen molar-refractivity contribution in [3.63, 3.8) is 0 Å². The van der Waals surface area contributed by atoms with Gasteiger partial charge in [-0.25, -0.2) is 4.98 Å². The lowest BCUT2D eigenvalue weighted by Crippen LogP contribution is -1.86. The van der Waals surface area contributed by atoms with E-state index in [1.165, 1.54) is 0 Å². The second-order valence-electron chi connectivity index (χ2n) is 4.44. The average molecular weight is 249 g/mol. The van der Waals surface area contributed by atoms with Crippen LogP contribution in [0.15, 0.2) is 52.9 Å². The van der Waals surface area contributed by atoms with Crippen LogP contribution in [-0.2, 0) is 0 Å². The first-order chi connectivity index (χ1) is 9.33. The van der Waals surface area contributed by atoms with Crippen LogP contribution in [0.4, 0.5) is 5.88 Å². The van der Waals surface area contributed by atoms with Crippen LogP contribution >= 0.6 is 0 Å². The Morgan fingerprint density at radius 3 is 2.68 bits per heavy atom. The van der Waals surface area contributed by atoms with Crippen molar-refractivity contribution in [1.82, 2.24) is 9.97 Å². The number of nitrogens with two attached hydrogens (primary N) is 1. The Morgan fingerprint density at radius 1 is 1.00 bits per heavy atom. The summed E-state index contributed by atoms with van der Waals surface area (Å²) in [5.41, 5.74) is 9.49. The number of anilines is 1. The fourth-order valence-electron chi connectivity index (χ4n) is 2.38. The first-order valence-corrected chi connectivity index (χ1v) is 6.05. The van der Waals surface area contributed by atoms with Crippen LogP contribution in [0.25, 0.3) is 33.4 Å². The smallest absolute Gasteiger partial charge is 0.202 e. The van der Waals surface area contributed by atoms with Crippen molar-refractivity contribution in [3.05, 3.63) is 48.5 Å². The molecular weight excluding hydrogens is 238 g/mol. The largest absolute Gasteiger partial charge is 0.440 e. The van der Waals surface area contributed by atoms with E-state index in [4.69, 9.17) is 10.2 Å². The summed E-state index contributed by atoms with van der Waals surface area (Å²) in [4.78, 5) is 7.85. The molecule has 0 aliphatic rings.